The van der Waals surface area contributed by atoms with E-state index in [1.807, 2.05) is 6.08 Å². The number of fused-ring (bicyclic) bond motifs is 1. The fraction of sp³-hybridized carbons (Fsp3) is 0.412. The van der Waals surface area contributed by atoms with Crippen molar-refractivity contribution in [1.29, 1.82) is 0 Å². The number of nitrogens with zero attached hydrogens (tertiary/aromatic N) is 1. The summed E-state index contributed by atoms with van der Waals surface area (Å²) in [6.07, 6.45) is 7.51. The quantitative estimate of drug-likeness (QED) is 0.731. The van der Waals surface area contributed by atoms with Gasteiger partial charge in [0.25, 0.3) is 0 Å². The van der Waals surface area contributed by atoms with Gasteiger partial charge in [-0.3, -0.25) is 0 Å². The molecule has 1 aliphatic heterocycles. The number of allylic oxidation sites excluding steroid dienone is 2. The van der Waals surface area contributed by atoms with Crippen LogP contribution in [0.3, 0.4) is 0 Å². The van der Waals surface area contributed by atoms with Crippen molar-refractivity contribution in [3.05, 3.63) is 53.6 Å². The summed E-state index contributed by atoms with van der Waals surface area (Å²) in [4.78, 5) is 2.47. The van der Waals surface area contributed by atoms with Crippen molar-refractivity contribution in [2.45, 2.75) is 18.8 Å². The predicted molar refractivity (Wildman–Crippen MR) is 77.7 cm³/mol. The van der Waals surface area contributed by atoms with Crippen LogP contribution in [0.15, 0.2) is 36.9 Å². The van der Waals surface area contributed by atoms with Gasteiger partial charge in [-0.05, 0) is 43.0 Å². The molecule has 0 N–H and O–H groups in total. The van der Waals surface area contributed by atoms with Crippen LogP contribution in [0.5, 0.6) is 0 Å². The molecule has 1 aliphatic carbocycles. The zero-order valence-electron chi connectivity index (χ0n) is 11.3. The minimum atomic E-state index is 0.446. The highest BCUT2D eigenvalue weighted by Crippen LogP contribution is 2.59. The number of benzene rings is 1. The molecule has 1 aromatic rings. The molecule has 3 rings (SSSR count). The summed E-state index contributed by atoms with van der Waals surface area (Å²) in [6.45, 7) is 8.47. The van der Waals surface area contributed by atoms with E-state index in [9.17, 15) is 0 Å². The summed E-state index contributed by atoms with van der Waals surface area (Å²) >= 11 is 0. The molecule has 0 bridgehead atoms. The van der Waals surface area contributed by atoms with Gasteiger partial charge < -0.3 is 4.90 Å². The summed E-state index contributed by atoms with van der Waals surface area (Å²) in [6, 6.07) is 6.74. The lowest BCUT2D eigenvalue weighted by Gasteiger charge is -2.20. The monoisotopic (exact) mass is 239 g/mol. The molecule has 18 heavy (non-hydrogen) atoms. The highest BCUT2D eigenvalue weighted by atomic mass is 15.2. The summed E-state index contributed by atoms with van der Waals surface area (Å²) in [7, 11) is 2.24. The van der Waals surface area contributed by atoms with Gasteiger partial charge in [-0.1, -0.05) is 43.0 Å². The van der Waals surface area contributed by atoms with Crippen LogP contribution in [-0.4, -0.2) is 25.0 Å². The van der Waals surface area contributed by atoms with E-state index < -0.39 is 0 Å². The number of piperidine rings is 1. The lowest BCUT2D eigenvalue weighted by atomic mass is 9.88. The predicted octanol–water partition coefficient (Wildman–Crippen LogP) is 3.40. The zero-order chi connectivity index (χ0) is 12.8. The van der Waals surface area contributed by atoms with Crippen molar-refractivity contribution in [3.8, 4) is 0 Å². The minimum absolute atomic E-state index is 0.446. The van der Waals surface area contributed by atoms with E-state index in [0.717, 1.165) is 5.92 Å². The molecule has 0 radical (unpaired) electrons. The summed E-state index contributed by atoms with van der Waals surface area (Å²) in [5, 5.41) is 0. The molecule has 1 saturated carbocycles. The van der Waals surface area contributed by atoms with Gasteiger partial charge in [-0.15, -0.1) is 0 Å². The van der Waals surface area contributed by atoms with Crippen molar-refractivity contribution >= 4 is 6.08 Å². The Kier molecular flexibility index (Phi) is 2.67. The van der Waals surface area contributed by atoms with Crippen molar-refractivity contribution in [3.63, 3.8) is 0 Å². The van der Waals surface area contributed by atoms with E-state index in [2.05, 4.69) is 55.8 Å². The van der Waals surface area contributed by atoms with Gasteiger partial charge in [0, 0.05) is 18.5 Å². The Bertz CT molecular complexity index is 514. The highest BCUT2D eigenvalue weighted by molar-refractivity contribution is 5.62. The maximum atomic E-state index is 3.78. The Morgan fingerprint density at radius 3 is 2.94 bits per heavy atom. The number of rotatable bonds is 3. The smallest absolute Gasteiger partial charge is 0.0130 e. The van der Waals surface area contributed by atoms with Crippen LogP contribution in [0.4, 0.5) is 0 Å². The molecule has 0 unspecified atom stereocenters. The Hall–Kier alpha value is -1.34. The average Bonchev–Trinajstić information content (AvgIpc) is 2.91. The number of hydrogen-bond donors (Lipinski definition) is 0. The third-order valence-electron chi connectivity index (χ3n) is 4.58. The largest absolute Gasteiger partial charge is 0.305 e. The molecule has 1 aromatic carbocycles. The summed E-state index contributed by atoms with van der Waals surface area (Å²) in [5.41, 5.74) is 4.78. The Labute approximate surface area is 110 Å². The van der Waals surface area contributed by atoms with Gasteiger partial charge in [-0.25, -0.2) is 0 Å². The van der Waals surface area contributed by atoms with Crippen LogP contribution in [-0.2, 0) is 5.41 Å². The van der Waals surface area contributed by atoms with Crippen molar-refractivity contribution in [2.24, 2.45) is 5.92 Å². The van der Waals surface area contributed by atoms with Gasteiger partial charge in [0.2, 0.25) is 0 Å². The van der Waals surface area contributed by atoms with E-state index in [0.29, 0.717) is 5.41 Å². The van der Waals surface area contributed by atoms with Crippen LogP contribution in [0.2, 0.25) is 0 Å². The maximum Gasteiger partial charge on any atom is 0.0130 e. The third kappa shape index (κ3) is 1.65. The fourth-order valence-electron chi connectivity index (χ4n) is 3.65. The molecular weight excluding hydrogens is 218 g/mol. The number of hydrogen-bond acceptors (Lipinski definition) is 1. The second-order valence-electron chi connectivity index (χ2n) is 5.88. The highest BCUT2D eigenvalue weighted by Gasteiger charge is 2.60. The molecule has 1 saturated heterocycles. The van der Waals surface area contributed by atoms with Gasteiger partial charge in [0.05, 0.1) is 0 Å². The van der Waals surface area contributed by atoms with Crippen LogP contribution in [0.25, 0.3) is 6.08 Å². The number of likely N-dealkylation sites (tertiary alicyclic amines) is 1. The molecule has 94 valence electrons. The van der Waals surface area contributed by atoms with Gasteiger partial charge in [0.15, 0.2) is 0 Å². The summed E-state index contributed by atoms with van der Waals surface area (Å²) in [5.74, 6) is 0.875. The zero-order valence-corrected chi connectivity index (χ0v) is 11.3. The second-order valence-corrected chi connectivity index (χ2v) is 5.88. The van der Waals surface area contributed by atoms with E-state index in [4.69, 9.17) is 0 Å². The number of likely N-dealkylation sites (N-methyl/N-ethyl adjacent to an activating group) is 1. The standard InChI is InChI=1S/C17H21N/c1-4-5-8-15-13(2)7-6-9-16(15)17-10-14(17)11-18(3)12-17/h4-9,14H,1,10-12H2,2-3H3/b8-5-/t14-,17-/m0/s1. The normalized spacial score (nSPS) is 30.7. The van der Waals surface area contributed by atoms with E-state index in [1.165, 1.54) is 30.6 Å². The molecule has 1 nitrogen and oxygen atoms in total. The Morgan fingerprint density at radius 1 is 1.44 bits per heavy atom. The van der Waals surface area contributed by atoms with Crippen LogP contribution >= 0.6 is 0 Å². The van der Waals surface area contributed by atoms with Crippen molar-refractivity contribution in [1.82, 2.24) is 4.90 Å². The van der Waals surface area contributed by atoms with Crippen molar-refractivity contribution < 1.29 is 0 Å². The molecule has 2 fully saturated rings. The lowest BCUT2D eigenvalue weighted by Crippen LogP contribution is -2.22. The SMILES string of the molecule is C=C/C=C\c1c(C)cccc1[C@]12C[C@H]1CN(C)C2. The molecule has 1 heteroatoms. The Balaban J connectivity index is 2.05. The van der Waals surface area contributed by atoms with E-state index >= 15 is 0 Å². The first-order valence-corrected chi connectivity index (χ1v) is 6.75. The van der Waals surface area contributed by atoms with Crippen LogP contribution in [0, 0.1) is 12.8 Å². The van der Waals surface area contributed by atoms with Crippen LogP contribution in [0.1, 0.15) is 23.1 Å². The van der Waals surface area contributed by atoms with E-state index in [1.54, 1.807) is 5.56 Å². The van der Waals surface area contributed by atoms with Crippen molar-refractivity contribution in [2.75, 3.05) is 20.1 Å². The maximum absolute atomic E-state index is 3.78. The molecule has 0 spiro atoms. The summed E-state index contributed by atoms with van der Waals surface area (Å²) < 4.78 is 0. The number of aryl methyl sites for hydroxylation is 1. The van der Waals surface area contributed by atoms with Gasteiger partial charge in [0.1, 0.15) is 0 Å². The first-order chi connectivity index (χ1) is 8.67. The molecule has 2 aliphatic rings. The molecule has 0 aromatic heterocycles. The third-order valence-corrected chi connectivity index (χ3v) is 4.58. The molecular formula is C17H21N. The first-order valence-electron chi connectivity index (χ1n) is 6.75. The van der Waals surface area contributed by atoms with Gasteiger partial charge in [-0.2, -0.15) is 0 Å². The molecule has 0 amide bonds. The fourth-order valence-corrected chi connectivity index (χ4v) is 3.65. The van der Waals surface area contributed by atoms with E-state index in [-0.39, 0.29) is 0 Å². The average molecular weight is 239 g/mol. The Morgan fingerprint density at radius 2 is 2.28 bits per heavy atom. The van der Waals surface area contributed by atoms with Gasteiger partial charge >= 0.3 is 0 Å². The molecule has 2 atom stereocenters. The second kappa shape index (κ2) is 4.10. The molecule has 1 heterocycles. The topological polar surface area (TPSA) is 3.24 Å². The van der Waals surface area contributed by atoms with Crippen LogP contribution < -0.4 is 0 Å². The lowest BCUT2D eigenvalue weighted by molar-refractivity contribution is 0.363. The minimum Gasteiger partial charge on any atom is -0.305 e. The first kappa shape index (κ1) is 11.7.